The van der Waals surface area contributed by atoms with Crippen molar-refractivity contribution in [3.05, 3.63) is 30.3 Å². The van der Waals surface area contributed by atoms with E-state index >= 15 is 0 Å². The maximum Gasteiger partial charge on any atom is 0.341 e. The van der Waals surface area contributed by atoms with Gasteiger partial charge in [0.05, 0.1) is 0 Å². The number of aliphatic carboxylic acids is 1. The molecule has 0 spiro atoms. The number of carbonyl (C=O) groups is 1. The van der Waals surface area contributed by atoms with Gasteiger partial charge in [0, 0.05) is 0 Å². The summed E-state index contributed by atoms with van der Waals surface area (Å²) >= 11 is -0.789. The van der Waals surface area contributed by atoms with E-state index in [0.29, 0.717) is 5.75 Å². The predicted octanol–water partition coefficient (Wildman–Crippen LogP) is 3.69. The summed E-state index contributed by atoms with van der Waals surface area (Å²) in [4.78, 5) is 10.0. The van der Waals surface area contributed by atoms with Crippen LogP contribution in [-0.4, -0.2) is 40.4 Å². The third kappa shape index (κ3) is 9.44. The minimum atomic E-state index is -0.964. The summed E-state index contributed by atoms with van der Waals surface area (Å²) in [5, 5.41) is 8.25. The molecule has 0 saturated heterocycles. The molecule has 0 heterocycles. The van der Waals surface area contributed by atoms with Crippen LogP contribution in [0.1, 0.15) is 20.8 Å². The average Bonchev–Trinajstić information content (AvgIpc) is 2.40. The third-order valence-electron chi connectivity index (χ3n) is 2.61. The topological polar surface area (TPSA) is 46.5 Å². The Balaban J connectivity index is 0.000000360. The van der Waals surface area contributed by atoms with Gasteiger partial charge >= 0.3 is 61.4 Å². The van der Waals surface area contributed by atoms with E-state index in [1.165, 1.54) is 0 Å². The Labute approximate surface area is 118 Å². The van der Waals surface area contributed by atoms with Crippen LogP contribution in [0.4, 0.5) is 0 Å². The second-order valence-corrected chi connectivity index (χ2v) is 17.9. The molecule has 0 amide bonds. The Hall–Kier alpha value is -0.588. The van der Waals surface area contributed by atoms with Crippen LogP contribution in [0.5, 0.6) is 5.75 Å². The SMILES string of the molecule is C[CH2][Pb]([CH2]C)[CH2]C.O=C(O)COc1ccccc1. The normalized spacial score (nSPS) is 9.56. The molecule has 1 N–H and O–H groups in total. The van der Waals surface area contributed by atoms with Gasteiger partial charge in [-0.05, 0) is 12.1 Å². The van der Waals surface area contributed by atoms with Crippen LogP contribution in [-0.2, 0) is 4.79 Å². The Morgan fingerprint density at radius 2 is 1.61 bits per heavy atom. The van der Waals surface area contributed by atoms with E-state index in [2.05, 4.69) is 20.8 Å². The second kappa shape index (κ2) is 11.5. The largest absolute Gasteiger partial charge is 0.482 e. The molecule has 4 heteroatoms. The van der Waals surface area contributed by atoms with Gasteiger partial charge in [-0.15, -0.1) is 0 Å². The fourth-order valence-electron chi connectivity index (χ4n) is 1.41. The van der Waals surface area contributed by atoms with Crippen molar-refractivity contribution in [1.29, 1.82) is 0 Å². The first kappa shape index (κ1) is 17.4. The summed E-state index contributed by atoms with van der Waals surface area (Å²) in [5.41, 5.74) is 0. The second-order valence-electron chi connectivity index (χ2n) is 3.81. The summed E-state index contributed by atoms with van der Waals surface area (Å²) in [7, 11) is 0. The quantitative estimate of drug-likeness (QED) is 0.678. The maximum absolute atomic E-state index is 10.0. The number of carboxylic acid groups (broad SMARTS) is 1. The van der Waals surface area contributed by atoms with E-state index in [9.17, 15) is 4.79 Å². The Kier molecular flexibility index (Phi) is 11.1. The zero-order chi connectivity index (χ0) is 13.8. The molecule has 0 unspecified atom stereocenters. The van der Waals surface area contributed by atoms with Gasteiger partial charge < -0.3 is 9.84 Å². The molecule has 0 bridgehead atoms. The molecular formula is C14H23O3Pb. The maximum atomic E-state index is 10.0. The first-order chi connectivity index (χ1) is 8.63. The monoisotopic (exact) mass is 447 g/mol. The number of carboxylic acids is 1. The fourth-order valence-corrected chi connectivity index (χ4v) is 7.24. The molecule has 101 valence electrons. The van der Waals surface area contributed by atoms with E-state index < -0.39 is 28.7 Å². The van der Waals surface area contributed by atoms with Crippen molar-refractivity contribution in [1.82, 2.24) is 0 Å². The molecule has 18 heavy (non-hydrogen) atoms. The van der Waals surface area contributed by atoms with Gasteiger partial charge in [0.15, 0.2) is 6.61 Å². The first-order valence-corrected chi connectivity index (χ1v) is 14.6. The van der Waals surface area contributed by atoms with E-state index in [0.717, 1.165) is 0 Å². The molecule has 1 aromatic rings. The van der Waals surface area contributed by atoms with Crippen LogP contribution in [0.3, 0.4) is 0 Å². The Bertz CT molecular complexity index is 305. The van der Waals surface area contributed by atoms with Crippen molar-refractivity contribution >= 4 is 28.7 Å². The molecule has 0 aliphatic rings. The zero-order valence-electron chi connectivity index (χ0n) is 11.5. The van der Waals surface area contributed by atoms with Crippen LogP contribution in [0, 0.1) is 0 Å². The smallest absolute Gasteiger partial charge is 0.341 e. The van der Waals surface area contributed by atoms with E-state index in [1.807, 2.05) is 6.07 Å². The average molecular weight is 447 g/mol. The Morgan fingerprint density at radius 3 is 1.94 bits per heavy atom. The van der Waals surface area contributed by atoms with Gasteiger partial charge in [-0.1, -0.05) is 18.2 Å². The zero-order valence-corrected chi connectivity index (χ0v) is 15.4. The van der Waals surface area contributed by atoms with Crippen molar-refractivity contribution in [3.8, 4) is 5.75 Å². The molecule has 0 saturated carbocycles. The third-order valence-corrected chi connectivity index (χ3v) is 14.3. The molecule has 3 nitrogen and oxygen atoms in total. The van der Waals surface area contributed by atoms with Crippen LogP contribution in [0.2, 0.25) is 11.9 Å². The minimum absolute atomic E-state index is 0.288. The number of rotatable bonds is 6. The number of hydrogen-bond acceptors (Lipinski definition) is 2. The van der Waals surface area contributed by atoms with Crippen LogP contribution >= 0.6 is 0 Å². The molecule has 0 aliphatic carbocycles. The summed E-state index contributed by atoms with van der Waals surface area (Å²) < 4.78 is 9.57. The minimum Gasteiger partial charge on any atom is -0.482 e. The van der Waals surface area contributed by atoms with E-state index in [1.54, 1.807) is 36.2 Å². The molecular weight excluding hydrogens is 423 g/mol. The first-order valence-electron chi connectivity index (χ1n) is 6.37. The summed E-state index contributed by atoms with van der Waals surface area (Å²) in [6, 6.07) is 8.84. The van der Waals surface area contributed by atoms with Crippen molar-refractivity contribution < 1.29 is 14.6 Å². The summed E-state index contributed by atoms with van der Waals surface area (Å²) in [5.74, 6) is -0.385. The molecule has 0 fully saturated rings. The van der Waals surface area contributed by atoms with E-state index in [-0.39, 0.29) is 6.61 Å². The molecule has 1 rings (SSSR count). The van der Waals surface area contributed by atoms with Crippen LogP contribution in [0.25, 0.3) is 0 Å². The van der Waals surface area contributed by atoms with Crippen molar-refractivity contribution in [2.24, 2.45) is 0 Å². The number of hydrogen-bond donors (Lipinski definition) is 1. The van der Waals surface area contributed by atoms with Gasteiger partial charge in [-0.25, -0.2) is 4.79 Å². The number of ether oxygens (including phenoxy) is 1. The van der Waals surface area contributed by atoms with Gasteiger partial charge in [0.1, 0.15) is 5.75 Å². The van der Waals surface area contributed by atoms with Crippen LogP contribution in [0.15, 0.2) is 30.3 Å². The molecule has 0 aliphatic heterocycles. The predicted molar refractivity (Wildman–Crippen MR) is 76.8 cm³/mol. The van der Waals surface area contributed by atoms with Gasteiger partial charge in [0.25, 0.3) is 0 Å². The standard InChI is InChI=1S/C8H8O3.3C2H5.Pb/c9-8(10)6-11-7-4-2-1-3-5-7;3*1-2;/h1-5H,6H2,(H,9,10);3*1H2,2H3;. The van der Waals surface area contributed by atoms with Crippen LogP contribution < -0.4 is 4.74 Å². The molecule has 0 aromatic heterocycles. The fraction of sp³-hybridized carbons (Fsp3) is 0.500. The molecule has 1 radical (unpaired) electrons. The number of para-hydroxylation sites is 1. The van der Waals surface area contributed by atoms with Crippen molar-refractivity contribution in [2.75, 3.05) is 6.61 Å². The van der Waals surface area contributed by atoms with E-state index in [4.69, 9.17) is 9.84 Å². The van der Waals surface area contributed by atoms with Crippen molar-refractivity contribution in [2.45, 2.75) is 32.7 Å². The molecule has 0 atom stereocenters. The Morgan fingerprint density at radius 1 is 1.11 bits per heavy atom. The number of benzene rings is 1. The van der Waals surface area contributed by atoms with Gasteiger partial charge in [0.2, 0.25) is 0 Å². The van der Waals surface area contributed by atoms with Crippen molar-refractivity contribution in [3.63, 3.8) is 0 Å². The summed E-state index contributed by atoms with van der Waals surface area (Å²) in [6.07, 6.45) is 0. The molecule has 1 aromatic carbocycles. The van der Waals surface area contributed by atoms with Gasteiger partial charge in [-0.2, -0.15) is 0 Å². The van der Waals surface area contributed by atoms with Gasteiger partial charge in [-0.3, -0.25) is 0 Å². The summed E-state index contributed by atoms with van der Waals surface area (Å²) in [6.45, 7) is 6.78.